The molecule has 1 N–H and O–H groups in total. The van der Waals surface area contributed by atoms with Gasteiger partial charge in [0.25, 0.3) is 17.8 Å². The number of ether oxygens (including phenoxy) is 3. The highest BCUT2D eigenvalue weighted by Crippen LogP contribution is 2.63. The van der Waals surface area contributed by atoms with Gasteiger partial charge in [-0.2, -0.15) is 0 Å². The van der Waals surface area contributed by atoms with Crippen LogP contribution in [0.5, 0.6) is 0 Å². The Morgan fingerprint density at radius 3 is 1.18 bits per heavy atom. The van der Waals surface area contributed by atoms with Gasteiger partial charge in [-0.1, -0.05) is 0 Å². The lowest BCUT2D eigenvalue weighted by molar-refractivity contribution is -0.201. The lowest BCUT2D eigenvalue weighted by Gasteiger charge is -2.58. The number of halogens is 6. The lowest BCUT2D eigenvalue weighted by atomic mass is 9.48. The summed E-state index contributed by atoms with van der Waals surface area (Å²) in [7, 11) is 0. The van der Waals surface area contributed by atoms with Crippen LogP contribution >= 0.6 is 0 Å². The second-order valence-electron chi connectivity index (χ2n) is 20.6. The zero-order valence-electron chi connectivity index (χ0n) is 32.8. The van der Waals surface area contributed by atoms with E-state index in [1.807, 2.05) is 0 Å². The summed E-state index contributed by atoms with van der Waals surface area (Å²) in [6.45, 7) is -0.215. The van der Waals surface area contributed by atoms with Crippen molar-refractivity contribution >= 4 is 23.7 Å². The lowest BCUT2D eigenvalue weighted by Crippen LogP contribution is -2.58. The van der Waals surface area contributed by atoms with Crippen LogP contribution in [0.3, 0.4) is 0 Å². The summed E-state index contributed by atoms with van der Waals surface area (Å²) in [6, 6.07) is 0. The molecule has 12 bridgehead atoms. The molecule has 0 aromatic carbocycles. The van der Waals surface area contributed by atoms with Gasteiger partial charge in [0.05, 0.1) is 21.8 Å². The summed E-state index contributed by atoms with van der Waals surface area (Å²) in [5.41, 5.74) is -2.54. The number of esters is 3. The number of rotatable bonds is 9. The van der Waals surface area contributed by atoms with Crippen molar-refractivity contribution in [1.82, 2.24) is 0 Å². The van der Waals surface area contributed by atoms with Crippen molar-refractivity contribution < 1.29 is 64.8 Å². The van der Waals surface area contributed by atoms with Gasteiger partial charge in [-0.05, 0) is 145 Å². The third kappa shape index (κ3) is 8.94. The fraction of sp³-hybridized carbons (Fsp3) is 0.905. The molecule has 12 aliphatic carbocycles. The normalized spacial score (nSPS) is 42.4. The average Bonchev–Trinajstić information content (AvgIpc) is 3.05. The number of aliphatic hydroxyl groups is 1. The summed E-state index contributed by atoms with van der Waals surface area (Å²) in [5, 5.41) is 10.5. The average molecular weight is 805 g/mol. The van der Waals surface area contributed by atoms with Crippen molar-refractivity contribution in [2.45, 2.75) is 153 Å². The predicted molar refractivity (Wildman–Crippen MR) is 188 cm³/mol. The molecule has 56 heavy (non-hydrogen) atoms. The Hall–Kier alpha value is -2.38. The molecular formula is C42H58F6O8. The number of alkyl halides is 6. The molecule has 12 fully saturated rings. The fourth-order valence-electron chi connectivity index (χ4n) is 13.8. The van der Waals surface area contributed by atoms with Crippen LogP contribution in [-0.4, -0.2) is 72.0 Å². The first-order valence-electron chi connectivity index (χ1n) is 20.8. The van der Waals surface area contributed by atoms with E-state index >= 15 is 0 Å². The van der Waals surface area contributed by atoms with Crippen LogP contribution < -0.4 is 0 Å². The van der Waals surface area contributed by atoms with Gasteiger partial charge in [0.1, 0.15) is 5.78 Å². The third-order valence-corrected chi connectivity index (χ3v) is 14.7. The summed E-state index contributed by atoms with van der Waals surface area (Å²) in [6.07, 6.45) is 14.1. The molecule has 8 nitrogen and oxygen atoms in total. The molecule has 0 aromatic rings. The molecule has 316 valence electrons. The molecule has 4 atom stereocenters. The van der Waals surface area contributed by atoms with Gasteiger partial charge in [0.15, 0.2) is 19.8 Å². The molecule has 0 aliphatic heterocycles. The van der Waals surface area contributed by atoms with Gasteiger partial charge >= 0.3 is 17.9 Å². The van der Waals surface area contributed by atoms with Crippen LogP contribution in [0.25, 0.3) is 0 Å². The van der Waals surface area contributed by atoms with Gasteiger partial charge in [0, 0.05) is 32.6 Å². The Kier molecular flexibility index (Phi) is 10.8. The maximum atomic E-state index is 12.8. The van der Waals surface area contributed by atoms with Gasteiger partial charge in [-0.3, -0.25) is 19.2 Å². The second-order valence-corrected chi connectivity index (χ2v) is 20.6. The minimum Gasteiger partial charge on any atom is -0.459 e. The highest BCUT2D eigenvalue weighted by molar-refractivity contribution is 5.89. The highest BCUT2D eigenvalue weighted by atomic mass is 19.3. The zero-order valence-corrected chi connectivity index (χ0v) is 32.8. The standard InChI is InChI=1S/C14H20F2O3.C14H18F2O3.C14H20F2O2/c1-12(15,16)8-19-11(17)13-3-9-2-10(4-13)6-14(18,5-9)7-13;1-13(15,16)7-19-12(18)14-4-8-2-9(5-14)11(17)10(3-8)6-14;1-13(15,16)8-18-12(17)14-5-9-2-10(6-14)4-11(3-9)7-14/h9-10,18H,2-8H2,1H3;8-10H,2-7H2,1H3;9-11H,2-8H2,1H3. The van der Waals surface area contributed by atoms with Crippen LogP contribution in [-0.2, 0) is 33.4 Å². The van der Waals surface area contributed by atoms with Crippen LogP contribution in [0.1, 0.15) is 130 Å². The van der Waals surface area contributed by atoms with Crippen molar-refractivity contribution in [2.75, 3.05) is 19.8 Å². The van der Waals surface area contributed by atoms with E-state index in [1.165, 1.54) is 19.3 Å². The summed E-state index contributed by atoms with van der Waals surface area (Å²) < 4.78 is 91.3. The van der Waals surface area contributed by atoms with Gasteiger partial charge in [-0.15, -0.1) is 0 Å². The number of carbonyl (C=O) groups is 4. The number of ketones is 1. The van der Waals surface area contributed by atoms with Crippen molar-refractivity contribution in [3.8, 4) is 0 Å². The van der Waals surface area contributed by atoms with Crippen molar-refractivity contribution in [3.63, 3.8) is 0 Å². The first-order chi connectivity index (χ1) is 25.9. The topological polar surface area (TPSA) is 116 Å². The quantitative estimate of drug-likeness (QED) is 0.140. The molecule has 0 amide bonds. The zero-order chi connectivity index (χ0) is 40.7. The monoisotopic (exact) mass is 804 g/mol. The maximum Gasteiger partial charge on any atom is 0.312 e. The largest absolute Gasteiger partial charge is 0.459 e. The smallest absolute Gasteiger partial charge is 0.312 e. The Labute approximate surface area is 324 Å². The summed E-state index contributed by atoms with van der Waals surface area (Å²) in [4.78, 5) is 48.6. The van der Waals surface area contributed by atoms with Crippen molar-refractivity contribution in [1.29, 1.82) is 0 Å². The van der Waals surface area contributed by atoms with Crippen molar-refractivity contribution in [2.24, 2.45) is 63.6 Å². The van der Waals surface area contributed by atoms with Gasteiger partial charge in [0.2, 0.25) is 0 Å². The number of hydrogen-bond acceptors (Lipinski definition) is 8. The molecule has 0 spiro atoms. The van der Waals surface area contributed by atoms with E-state index in [0.29, 0.717) is 74.0 Å². The Balaban J connectivity index is 0.000000129. The Morgan fingerprint density at radius 2 is 0.821 bits per heavy atom. The molecule has 0 heterocycles. The molecule has 4 unspecified atom stereocenters. The molecule has 14 heteroatoms. The van der Waals surface area contributed by atoms with Crippen LogP contribution in [0.4, 0.5) is 26.3 Å². The number of Topliss-reactive ketones (excluding diaryl/α,β-unsaturated/α-hetero) is 1. The molecule has 12 rings (SSSR count). The summed E-state index contributed by atoms with van der Waals surface area (Å²) >= 11 is 0. The third-order valence-electron chi connectivity index (χ3n) is 14.7. The van der Waals surface area contributed by atoms with Crippen LogP contribution in [0.15, 0.2) is 0 Å². The van der Waals surface area contributed by atoms with E-state index < -0.39 is 71.4 Å². The molecule has 0 aromatic heterocycles. The fourth-order valence-corrected chi connectivity index (χ4v) is 13.8. The van der Waals surface area contributed by atoms with Crippen LogP contribution in [0, 0.1) is 63.6 Å². The molecule has 0 radical (unpaired) electrons. The highest BCUT2D eigenvalue weighted by Gasteiger charge is 2.62. The number of hydrogen-bond donors (Lipinski definition) is 1. The van der Waals surface area contributed by atoms with E-state index in [9.17, 15) is 50.6 Å². The van der Waals surface area contributed by atoms with Crippen molar-refractivity contribution in [3.05, 3.63) is 0 Å². The van der Waals surface area contributed by atoms with Gasteiger partial charge < -0.3 is 19.3 Å². The first kappa shape index (κ1) is 41.8. The first-order valence-corrected chi connectivity index (χ1v) is 20.8. The minimum absolute atomic E-state index is 0.0408. The van der Waals surface area contributed by atoms with Gasteiger partial charge in [-0.25, -0.2) is 26.3 Å². The van der Waals surface area contributed by atoms with E-state index in [-0.39, 0.29) is 23.6 Å². The molecular weight excluding hydrogens is 746 g/mol. The van der Waals surface area contributed by atoms with E-state index in [0.717, 1.165) is 72.1 Å². The number of carbonyl (C=O) groups excluding carboxylic acids is 4. The second kappa shape index (κ2) is 14.4. The molecule has 12 saturated carbocycles. The van der Waals surface area contributed by atoms with E-state index in [1.54, 1.807) is 0 Å². The molecule has 12 aliphatic rings. The SMILES string of the molecule is CC(F)(F)COC(=O)C12CC3CC(C1)C(=O)C(C3)C2.CC(F)(F)COC(=O)C12CC3CC(CC(C3)C1)C2.CC(F)(F)COC(=O)C12CC3CC(CC(O)(C3)C1)C2. The molecule has 0 saturated heterocycles. The van der Waals surface area contributed by atoms with E-state index in [2.05, 4.69) is 0 Å². The minimum atomic E-state index is -2.99. The Morgan fingerprint density at radius 1 is 0.518 bits per heavy atom. The van der Waals surface area contributed by atoms with E-state index in [4.69, 9.17) is 14.2 Å². The predicted octanol–water partition coefficient (Wildman–Crippen LogP) is 8.50. The van der Waals surface area contributed by atoms with Crippen LogP contribution in [0.2, 0.25) is 0 Å². The Bertz CT molecular complexity index is 1480. The maximum absolute atomic E-state index is 12.8. The summed E-state index contributed by atoms with van der Waals surface area (Å²) in [5.74, 6) is -7.12.